The summed E-state index contributed by atoms with van der Waals surface area (Å²) in [6.45, 7) is 0. The van der Waals surface area contributed by atoms with Crippen molar-refractivity contribution in [2.45, 2.75) is 4.21 Å². The summed E-state index contributed by atoms with van der Waals surface area (Å²) in [5.74, 6) is 0.577. The third-order valence-electron chi connectivity index (χ3n) is 2.66. The molecule has 0 saturated carbocycles. The second-order valence-corrected chi connectivity index (χ2v) is 7.76. The molecule has 0 radical (unpaired) electrons. The lowest BCUT2D eigenvalue weighted by Crippen LogP contribution is -2.11. The first-order chi connectivity index (χ1) is 10.1. The number of oxazole rings is 1. The first-order valence-corrected chi connectivity index (χ1v) is 8.96. The molecule has 2 heterocycles. The van der Waals surface area contributed by atoms with E-state index in [9.17, 15) is 8.42 Å². The molecular formula is C13H9BrN2O3S2. The van der Waals surface area contributed by atoms with Crippen molar-refractivity contribution >= 4 is 43.0 Å². The van der Waals surface area contributed by atoms with Crippen LogP contribution in [0, 0.1) is 0 Å². The molecule has 108 valence electrons. The minimum absolute atomic E-state index is 0.243. The largest absolute Gasteiger partial charge is 0.444 e. The lowest BCUT2D eigenvalue weighted by Gasteiger charge is -2.08. The van der Waals surface area contributed by atoms with E-state index in [0.717, 1.165) is 16.9 Å². The van der Waals surface area contributed by atoms with Gasteiger partial charge in [-0.1, -0.05) is 12.1 Å². The molecule has 0 spiro atoms. The molecule has 0 amide bonds. The molecule has 2 aromatic heterocycles. The molecule has 21 heavy (non-hydrogen) atoms. The van der Waals surface area contributed by atoms with Crippen LogP contribution in [0.2, 0.25) is 0 Å². The average Bonchev–Trinajstić information content (AvgIpc) is 3.09. The molecule has 0 aliphatic rings. The third-order valence-corrected chi connectivity index (χ3v) is 6.71. The van der Waals surface area contributed by atoms with E-state index in [2.05, 4.69) is 25.6 Å². The number of nitrogens with zero attached hydrogens (tertiary/aromatic N) is 1. The van der Waals surface area contributed by atoms with Crippen molar-refractivity contribution < 1.29 is 12.8 Å². The summed E-state index contributed by atoms with van der Waals surface area (Å²) in [6, 6.07) is 8.64. The molecule has 3 aromatic rings. The van der Waals surface area contributed by atoms with Crippen molar-refractivity contribution in [2.24, 2.45) is 0 Å². The highest BCUT2D eigenvalue weighted by atomic mass is 79.9. The number of sulfonamides is 1. The van der Waals surface area contributed by atoms with Gasteiger partial charge >= 0.3 is 0 Å². The summed E-state index contributed by atoms with van der Waals surface area (Å²) >= 11 is 4.38. The Morgan fingerprint density at radius 3 is 2.81 bits per heavy atom. The fourth-order valence-electron chi connectivity index (χ4n) is 1.77. The number of hydrogen-bond acceptors (Lipinski definition) is 5. The van der Waals surface area contributed by atoms with Gasteiger partial charge in [-0.15, -0.1) is 11.3 Å². The molecule has 5 nitrogen and oxygen atoms in total. The maximum absolute atomic E-state index is 12.3. The average molecular weight is 385 g/mol. The Hall–Kier alpha value is -1.64. The Morgan fingerprint density at radius 2 is 2.14 bits per heavy atom. The van der Waals surface area contributed by atoms with Crippen LogP contribution in [0.1, 0.15) is 0 Å². The molecular weight excluding hydrogens is 376 g/mol. The highest BCUT2D eigenvalue weighted by Crippen LogP contribution is 2.30. The topological polar surface area (TPSA) is 72.2 Å². The Bertz CT molecular complexity index is 857. The lowest BCUT2D eigenvalue weighted by atomic mass is 10.2. The summed E-state index contributed by atoms with van der Waals surface area (Å²) in [5.41, 5.74) is 1.21. The van der Waals surface area contributed by atoms with Crippen LogP contribution in [0.4, 0.5) is 5.69 Å². The van der Waals surface area contributed by atoms with Gasteiger partial charge in [-0.2, -0.15) is 0 Å². The fourth-order valence-corrected chi connectivity index (χ4v) is 5.16. The van der Waals surface area contributed by atoms with Crippen LogP contribution in [0.15, 0.2) is 61.4 Å². The highest BCUT2D eigenvalue weighted by molar-refractivity contribution is 9.10. The highest BCUT2D eigenvalue weighted by Gasteiger charge is 2.19. The number of anilines is 1. The van der Waals surface area contributed by atoms with Gasteiger partial charge in [-0.25, -0.2) is 13.4 Å². The van der Waals surface area contributed by atoms with Gasteiger partial charge in [0.25, 0.3) is 10.0 Å². The third kappa shape index (κ3) is 3.02. The van der Waals surface area contributed by atoms with Gasteiger partial charge in [0, 0.05) is 15.7 Å². The SMILES string of the molecule is O=S(=O)(Nc1cccc(-c2cnco2)c1)c1sccc1Br. The zero-order valence-corrected chi connectivity index (χ0v) is 13.7. The summed E-state index contributed by atoms with van der Waals surface area (Å²) < 4.78 is 33.2. The minimum atomic E-state index is -3.61. The summed E-state index contributed by atoms with van der Waals surface area (Å²) in [4.78, 5) is 3.85. The quantitative estimate of drug-likeness (QED) is 0.738. The Labute approximate surface area is 133 Å². The maximum atomic E-state index is 12.3. The van der Waals surface area contributed by atoms with Crippen molar-refractivity contribution in [2.75, 3.05) is 4.72 Å². The zero-order valence-electron chi connectivity index (χ0n) is 10.5. The maximum Gasteiger partial charge on any atom is 0.272 e. The van der Waals surface area contributed by atoms with E-state index >= 15 is 0 Å². The van der Waals surface area contributed by atoms with E-state index in [1.807, 2.05) is 6.07 Å². The van der Waals surface area contributed by atoms with E-state index in [-0.39, 0.29) is 4.21 Å². The van der Waals surface area contributed by atoms with Crippen LogP contribution >= 0.6 is 27.3 Å². The smallest absolute Gasteiger partial charge is 0.272 e. The van der Waals surface area contributed by atoms with Crippen LogP contribution < -0.4 is 4.72 Å². The van der Waals surface area contributed by atoms with Crippen molar-refractivity contribution in [3.05, 3.63) is 52.8 Å². The normalized spacial score (nSPS) is 11.5. The Morgan fingerprint density at radius 1 is 1.29 bits per heavy atom. The predicted octanol–water partition coefficient (Wildman–Crippen LogP) is 3.97. The monoisotopic (exact) mass is 384 g/mol. The second-order valence-electron chi connectivity index (χ2n) is 4.11. The van der Waals surface area contributed by atoms with Crippen LogP contribution in [0.3, 0.4) is 0 Å². The Balaban J connectivity index is 1.92. The predicted molar refractivity (Wildman–Crippen MR) is 84.8 cm³/mol. The molecule has 0 fully saturated rings. The first kappa shape index (κ1) is 14.3. The number of nitrogens with one attached hydrogen (secondary N) is 1. The molecule has 0 unspecified atom stereocenters. The summed E-state index contributed by atoms with van der Waals surface area (Å²) in [7, 11) is -3.61. The number of aromatic nitrogens is 1. The van der Waals surface area contributed by atoms with E-state index in [4.69, 9.17) is 4.42 Å². The van der Waals surface area contributed by atoms with Crippen LogP contribution in [0.5, 0.6) is 0 Å². The van der Waals surface area contributed by atoms with Crippen molar-refractivity contribution in [3.63, 3.8) is 0 Å². The van der Waals surface area contributed by atoms with Crippen LogP contribution in [-0.2, 0) is 10.0 Å². The van der Waals surface area contributed by atoms with Gasteiger partial charge in [0.1, 0.15) is 0 Å². The first-order valence-electron chi connectivity index (χ1n) is 5.81. The summed E-state index contributed by atoms with van der Waals surface area (Å²) in [5, 5.41) is 1.71. The van der Waals surface area contributed by atoms with Crippen molar-refractivity contribution in [1.29, 1.82) is 0 Å². The van der Waals surface area contributed by atoms with Crippen molar-refractivity contribution in [3.8, 4) is 11.3 Å². The number of halogens is 1. The van der Waals surface area contributed by atoms with E-state index in [0.29, 0.717) is 15.9 Å². The molecule has 0 bridgehead atoms. The molecule has 1 aromatic carbocycles. The molecule has 0 saturated heterocycles. The molecule has 8 heteroatoms. The molecule has 3 rings (SSSR count). The molecule has 0 atom stereocenters. The van der Waals surface area contributed by atoms with Gasteiger partial charge in [0.2, 0.25) is 0 Å². The number of thiophene rings is 1. The van der Waals surface area contributed by atoms with E-state index < -0.39 is 10.0 Å². The van der Waals surface area contributed by atoms with Gasteiger partial charge in [0.05, 0.1) is 6.20 Å². The number of benzene rings is 1. The summed E-state index contributed by atoms with van der Waals surface area (Å²) in [6.07, 6.45) is 2.90. The Kier molecular flexibility index (Phi) is 3.83. The fraction of sp³-hybridized carbons (Fsp3) is 0. The zero-order chi connectivity index (χ0) is 14.9. The van der Waals surface area contributed by atoms with E-state index in [1.165, 1.54) is 6.39 Å². The van der Waals surface area contributed by atoms with E-state index in [1.54, 1.807) is 35.8 Å². The van der Waals surface area contributed by atoms with Crippen LogP contribution in [0.25, 0.3) is 11.3 Å². The van der Waals surface area contributed by atoms with Crippen LogP contribution in [-0.4, -0.2) is 13.4 Å². The molecule has 0 aliphatic carbocycles. The van der Waals surface area contributed by atoms with Gasteiger partial charge < -0.3 is 4.42 Å². The van der Waals surface area contributed by atoms with Gasteiger partial charge in [-0.3, -0.25) is 4.72 Å². The number of rotatable bonds is 4. The number of hydrogen-bond donors (Lipinski definition) is 1. The lowest BCUT2D eigenvalue weighted by molar-refractivity contribution is 0.572. The van der Waals surface area contributed by atoms with Gasteiger partial charge in [-0.05, 0) is 39.5 Å². The van der Waals surface area contributed by atoms with Gasteiger partial charge in [0.15, 0.2) is 16.4 Å². The standard InChI is InChI=1S/C13H9BrN2O3S2/c14-11-4-5-20-13(11)21(17,18)16-10-3-1-2-9(6-10)12-7-15-8-19-12/h1-8,16H. The molecule has 1 N–H and O–H groups in total. The second kappa shape index (κ2) is 5.63. The minimum Gasteiger partial charge on any atom is -0.444 e. The van der Waals surface area contributed by atoms with Crippen molar-refractivity contribution in [1.82, 2.24) is 4.98 Å². The molecule has 0 aliphatic heterocycles.